The van der Waals surface area contributed by atoms with Crippen molar-refractivity contribution in [2.75, 3.05) is 20.3 Å². The standard InChI is InChI=1S/C10H13BrClNO2S/c1-6-5-16-9(8(6)12)10(14)13-3-7(11)4-15-2/h5,7H,3-4H2,1-2H3,(H,13,14). The summed E-state index contributed by atoms with van der Waals surface area (Å²) in [6.07, 6.45) is 0. The monoisotopic (exact) mass is 325 g/mol. The van der Waals surface area contributed by atoms with Gasteiger partial charge in [0.15, 0.2) is 0 Å². The summed E-state index contributed by atoms with van der Waals surface area (Å²) in [4.78, 5) is 12.4. The number of methoxy groups -OCH3 is 1. The fourth-order valence-corrected chi connectivity index (χ4v) is 2.73. The molecule has 3 nitrogen and oxygen atoms in total. The van der Waals surface area contributed by atoms with E-state index in [1.807, 2.05) is 12.3 Å². The van der Waals surface area contributed by atoms with E-state index in [2.05, 4.69) is 21.2 Å². The average Bonchev–Trinajstić information content (AvgIpc) is 2.57. The van der Waals surface area contributed by atoms with Gasteiger partial charge in [-0.2, -0.15) is 0 Å². The summed E-state index contributed by atoms with van der Waals surface area (Å²) in [7, 11) is 1.62. The maximum atomic E-state index is 11.7. The van der Waals surface area contributed by atoms with Gasteiger partial charge in [-0.15, -0.1) is 11.3 Å². The summed E-state index contributed by atoms with van der Waals surface area (Å²) in [6, 6.07) is 0. The minimum Gasteiger partial charge on any atom is -0.383 e. The summed E-state index contributed by atoms with van der Waals surface area (Å²) >= 11 is 10.7. The highest BCUT2D eigenvalue weighted by molar-refractivity contribution is 9.09. The third-order valence-corrected chi connectivity index (χ3v) is 4.22. The summed E-state index contributed by atoms with van der Waals surface area (Å²) < 4.78 is 4.95. The van der Waals surface area contributed by atoms with Gasteiger partial charge in [0.05, 0.1) is 16.5 Å². The molecule has 1 aromatic rings. The molecule has 16 heavy (non-hydrogen) atoms. The fourth-order valence-electron chi connectivity index (χ4n) is 1.11. The fraction of sp³-hybridized carbons (Fsp3) is 0.500. The predicted molar refractivity (Wildman–Crippen MR) is 71.0 cm³/mol. The Kier molecular flexibility index (Phi) is 5.75. The van der Waals surface area contributed by atoms with Crippen LogP contribution in [0.5, 0.6) is 0 Å². The summed E-state index contributed by atoms with van der Waals surface area (Å²) in [5.41, 5.74) is 0.934. The second-order valence-electron chi connectivity index (χ2n) is 3.32. The molecule has 0 saturated heterocycles. The van der Waals surface area contributed by atoms with Crippen LogP contribution in [0.1, 0.15) is 15.2 Å². The Balaban J connectivity index is 2.50. The van der Waals surface area contributed by atoms with Gasteiger partial charge in [0.1, 0.15) is 4.88 Å². The van der Waals surface area contributed by atoms with Crippen LogP contribution in [0.3, 0.4) is 0 Å². The number of hydrogen-bond donors (Lipinski definition) is 1. The van der Waals surface area contributed by atoms with E-state index in [9.17, 15) is 4.79 Å². The molecule has 0 bridgehead atoms. The molecule has 0 aliphatic carbocycles. The Morgan fingerprint density at radius 2 is 2.44 bits per heavy atom. The number of thiophene rings is 1. The van der Waals surface area contributed by atoms with Gasteiger partial charge in [-0.05, 0) is 17.9 Å². The van der Waals surface area contributed by atoms with Gasteiger partial charge in [0.2, 0.25) is 0 Å². The zero-order valence-electron chi connectivity index (χ0n) is 9.05. The number of carbonyl (C=O) groups is 1. The van der Waals surface area contributed by atoms with E-state index < -0.39 is 0 Å². The molecular weight excluding hydrogens is 314 g/mol. The van der Waals surface area contributed by atoms with Crippen LogP contribution in [0.2, 0.25) is 5.02 Å². The Morgan fingerprint density at radius 3 is 2.94 bits per heavy atom. The molecule has 1 amide bonds. The maximum Gasteiger partial charge on any atom is 0.262 e. The van der Waals surface area contributed by atoms with Crippen molar-refractivity contribution in [1.82, 2.24) is 5.32 Å². The highest BCUT2D eigenvalue weighted by Gasteiger charge is 2.15. The first-order chi connectivity index (χ1) is 7.56. The highest BCUT2D eigenvalue weighted by atomic mass is 79.9. The quantitative estimate of drug-likeness (QED) is 0.845. The molecule has 6 heteroatoms. The first kappa shape index (κ1) is 14.0. The number of amides is 1. The van der Waals surface area contributed by atoms with Crippen LogP contribution in [-0.4, -0.2) is 31.0 Å². The molecule has 1 rings (SSSR count). The van der Waals surface area contributed by atoms with Crippen LogP contribution < -0.4 is 5.32 Å². The summed E-state index contributed by atoms with van der Waals surface area (Å²) in [5, 5.41) is 5.21. The van der Waals surface area contributed by atoms with Gasteiger partial charge in [0.25, 0.3) is 5.91 Å². The van der Waals surface area contributed by atoms with Crippen LogP contribution in [0.25, 0.3) is 0 Å². The highest BCUT2D eigenvalue weighted by Crippen LogP contribution is 2.26. The van der Waals surface area contributed by atoms with Crippen molar-refractivity contribution in [2.24, 2.45) is 0 Å². The largest absolute Gasteiger partial charge is 0.383 e. The van der Waals surface area contributed by atoms with Gasteiger partial charge in [-0.25, -0.2) is 0 Å². The SMILES string of the molecule is COCC(Br)CNC(=O)c1scc(C)c1Cl. The Bertz CT molecular complexity index is 370. The van der Waals surface area contributed by atoms with Gasteiger partial charge >= 0.3 is 0 Å². The third-order valence-electron chi connectivity index (χ3n) is 1.94. The van der Waals surface area contributed by atoms with E-state index in [4.69, 9.17) is 16.3 Å². The molecule has 0 aromatic carbocycles. The molecule has 1 atom stereocenters. The summed E-state index contributed by atoms with van der Waals surface area (Å²) in [5.74, 6) is -0.136. The lowest BCUT2D eigenvalue weighted by atomic mass is 10.3. The normalized spacial score (nSPS) is 12.5. The predicted octanol–water partition coefficient (Wildman–Crippen LogP) is 2.85. The molecule has 90 valence electrons. The number of nitrogens with one attached hydrogen (secondary N) is 1. The van der Waals surface area contributed by atoms with Crippen LogP contribution in [0, 0.1) is 6.92 Å². The second-order valence-corrected chi connectivity index (χ2v) is 5.88. The lowest BCUT2D eigenvalue weighted by Crippen LogP contribution is -2.31. The Morgan fingerprint density at radius 1 is 1.75 bits per heavy atom. The first-order valence-corrected chi connectivity index (χ1v) is 6.88. The van der Waals surface area contributed by atoms with Crippen molar-refractivity contribution >= 4 is 44.8 Å². The van der Waals surface area contributed by atoms with Crippen molar-refractivity contribution in [1.29, 1.82) is 0 Å². The number of alkyl halides is 1. The maximum absolute atomic E-state index is 11.7. The zero-order chi connectivity index (χ0) is 12.1. The Labute approximate surface area is 112 Å². The third kappa shape index (κ3) is 3.73. The smallest absolute Gasteiger partial charge is 0.262 e. The lowest BCUT2D eigenvalue weighted by Gasteiger charge is -2.09. The number of rotatable bonds is 5. The molecule has 1 unspecified atom stereocenters. The van der Waals surface area contributed by atoms with E-state index in [1.165, 1.54) is 11.3 Å². The number of ether oxygens (including phenoxy) is 1. The molecule has 0 aliphatic rings. The lowest BCUT2D eigenvalue weighted by molar-refractivity contribution is 0.0954. The van der Waals surface area contributed by atoms with Gasteiger partial charge < -0.3 is 10.1 Å². The van der Waals surface area contributed by atoms with Gasteiger partial charge in [0, 0.05) is 13.7 Å². The van der Waals surface area contributed by atoms with Crippen molar-refractivity contribution in [3.8, 4) is 0 Å². The number of hydrogen-bond acceptors (Lipinski definition) is 3. The molecule has 0 spiro atoms. The minimum atomic E-state index is -0.136. The van der Waals surface area contributed by atoms with E-state index in [0.29, 0.717) is 23.1 Å². The van der Waals surface area contributed by atoms with Gasteiger partial charge in [-0.1, -0.05) is 27.5 Å². The summed E-state index contributed by atoms with van der Waals surface area (Å²) in [6.45, 7) is 2.95. The van der Waals surface area contributed by atoms with Crippen LogP contribution in [0.4, 0.5) is 0 Å². The molecule has 0 fully saturated rings. The molecule has 1 aromatic heterocycles. The van der Waals surface area contributed by atoms with Crippen molar-refractivity contribution in [2.45, 2.75) is 11.8 Å². The van der Waals surface area contributed by atoms with Crippen molar-refractivity contribution in [3.05, 3.63) is 20.8 Å². The van der Waals surface area contributed by atoms with Crippen molar-refractivity contribution < 1.29 is 9.53 Å². The topological polar surface area (TPSA) is 38.3 Å². The average molecular weight is 327 g/mol. The number of halogens is 2. The van der Waals surface area contributed by atoms with Crippen LogP contribution in [-0.2, 0) is 4.74 Å². The molecule has 1 N–H and O–H groups in total. The molecule has 1 heterocycles. The van der Waals surface area contributed by atoms with Crippen molar-refractivity contribution in [3.63, 3.8) is 0 Å². The Hall–Kier alpha value is -0.100. The van der Waals surface area contributed by atoms with E-state index in [-0.39, 0.29) is 10.7 Å². The molecule has 0 saturated carbocycles. The van der Waals surface area contributed by atoms with E-state index in [1.54, 1.807) is 7.11 Å². The van der Waals surface area contributed by atoms with Gasteiger partial charge in [-0.3, -0.25) is 4.79 Å². The molecular formula is C10H13BrClNO2S. The minimum absolute atomic E-state index is 0.112. The molecule has 0 aliphatic heterocycles. The van der Waals surface area contributed by atoms with E-state index >= 15 is 0 Å². The number of aryl methyl sites for hydroxylation is 1. The zero-order valence-corrected chi connectivity index (χ0v) is 12.2. The van der Waals surface area contributed by atoms with E-state index in [0.717, 1.165) is 5.56 Å². The molecule has 0 radical (unpaired) electrons. The van der Waals surface area contributed by atoms with Crippen LogP contribution in [0.15, 0.2) is 5.38 Å². The number of carbonyl (C=O) groups excluding carboxylic acids is 1. The second kappa shape index (κ2) is 6.59. The van der Waals surface area contributed by atoms with Crippen LogP contribution >= 0.6 is 38.9 Å². The first-order valence-electron chi connectivity index (χ1n) is 4.71.